The number of carbonyl (C=O) groups excluding carboxylic acids is 1. The zero-order valence-corrected chi connectivity index (χ0v) is 15.4. The van der Waals surface area contributed by atoms with Crippen LogP contribution in [0.5, 0.6) is 0 Å². The van der Waals surface area contributed by atoms with Gasteiger partial charge >= 0.3 is 0 Å². The molecule has 1 amide bonds. The molecule has 3 aromatic rings. The molecule has 1 fully saturated rings. The molecule has 0 spiro atoms. The van der Waals surface area contributed by atoms with Crippen LogP contribution in [0, 0.1) is 0 Å². The van der Waals surface area contributed by atoms with Crippen molar-refractivity contribution in [1.29, 1.82) is 0 Å². The van der Waals surface area contributed by atoms with Gasteiger partial charge in [-0.1, -0.05) is 23.4 Å². The first-order valence-electron chi connectivity index (χ1n) is 9.25. The minimum absolute atomic E-state index is 0.119. The standard InChI is InChI=1S/C20H21N5O3/c26-20(15-5-1-2-7-17(15)25-11-13-27-14-12-25)22-10-8-18-23-19(24-28-18)16-6-3-4-9-21-16/h1-7,9H,8,10-14H2,(H,22,26). The van der Waals surface area contributed by atoms with Crippen molar-refractivity contribution < 1.29 is 14.1 Å². The lowest BCUT2D eigenvalue weighted by Gasteiger charge is -2.30. The molecule has 2 aromatic heterocycles. The summed E-state index contributed by atoms with van der Waals surface area (Å²) < 4.78 is 10.7. The molecule has 4 rings (SSSR count). The van der Waals surface area contributed by atoms with E-state index in [0.29, 0.717) is 49.2 Å². The van der Waals surface area contributed by atoms with Crippen LogP contribution in [0.3, 0.4) is 0 Å². The molecule has 1 aliphatic heterocycles. The summed E-state index contributed by atoms with van der Waals surface area (Å²) in [6, 6.07) is 13.1. The third kappa shape index (κ3) is 4.17. The molecule has 8 nitrogen and oxygen atoms in total. The predicted molar refractivity (Wildman–Crippen MR) is 103 cm³/mol. The molecule has 1 aromatic carbocycles. The van der Waals surface area contributed by atoms with Gasteiger partial charge in [-0.2, -0.15) is 4.98 Å². The molecule has 8 heteroatoms. The molecular formula is C20H21N5O3. The Labute approximate surface area is 162 Å². The molecule has 3 heterocycles. The SMILES string of the molecule is O=C(NCCc1nc(-c2ccccn2)no1)c1ccccc1N1CCOCC1. The van der Waals surface area contributed by atoms with E-state index in [1.54, 1.807) is 6.20 Å². The minimum atomic E-state index is -0.119. The topological polar surface area (TPSA) is 93.4 Å². The number of hydrogen-bond acceptors (Lipinski definition) is 7. The summed E-state index contributed by atoms with van der Waals surface area (Å²) in [5.74, 6) is 0.786. The summed E-state index contributed by atoms with van der Waals surface area (Å²) in [5, 5.41) is 6.87. The zero-order valence-electron chi connectivity index (χ0n) is 15.4. The maximum absolute atomic E-state index is 12.7. The lowest BCUT2D eigenvalue weighted by Crippen LogP contribution is -2.38. The van der Waals surface area contributed by atoms with Crippen molar-refractivity contribution in [2.45, 2.75) is 6.42 Å². The van der Waals surface area contributed by atoms with Crippen LogP contribution in [0.25, 0.3) is 11.5 Å². The highest BCUT2D eigenvalue weighted by atomic mass is 16.5. The molecular weight excluding hydrogens is 358 g/mol. The Bertz CT molecular complexity index is 922. The van der Waals surface area contributed by atoms with E-state index in [-0.39, 0.29) is 5.91 Å². The highest BCUT2D eigenvalue weighted by Gasteiger charge is 2.18. The first-order valence-corrected chi connectivity index (χ1v) is 9.25. The summed E-state index contributed by atoms with van der Waals surface area (Å²) in [6.45, 7) is 3.31. The van der Waals surface area contributed by atoms with Gasteiger partial charge in [0.05, 0.1) is 18.8 Å². The minimum Gasteiger partial charge on any atom is -0.378 e. The van der Waals surface area contributed by atoms with Crippen molar-refractivity contribution in [2.24, 2.45) is 0 Å². The molecule has 1 aliphatic rings. The molecule has 0 aliphatic carbocycles. The van der Waals surface area contributed by atoms with Crippen LogP contribution in [-0.2, 0) is 11.2 Å². The van der Waals surface area contributed by atoms with Crippen molar-refractivity contribution in [1.82, 2.24) is 20.4 Å². The van der Waals surface area contributed by atoms with Crippen molar-refractivity contribution in [3.8, 4) is 11.5 Å². The highest BCUT2D eigenvalue weighted by Crippen LogP contribution is 2.21. The number of hydrogen-bond donors (Lipinski definition) is 1. The van der Waals surface area contributed by atoms with Gasteiger partial charge in [-0.25, -0.2) is 0 Å². The van der Waals surface area contributed by atoms with Gasteiger partial charge in [0.15, 0.2) is 0 Å². The molecule has 0 bridgehead atoms. The van der Waals surface area contributed by atoms with E-state index in [1.165, 1.54) is 0 Å². The van der Waals surface area contributed by atoms with Gasteiger partial charge in [-0.3, -0.25) is 9.78 Å². The Morgan fingerprint density at radius 1 is 1.11 bits per heavy atom. The average molecular weight is 379 g/mol. The van der Waals surface area contributed by atoms with Gasteiger partial charge in [0.25, 0.3) is 5.91 Å². The number of carbonyl (C=O) groups is 1. The molecule has 0 unspecified atom stereocenters. The van der Waals surface area contributed by atoms with Crippen LogP contribution < -0.4 is 10.2 Å². The summed E-state index contributed by atoms with van der Waals surface area (Å²) in [6.07, 6.45) is 2.13. The predicted octanol–water partition coefficient (Wildman–Crippen LogP) is 1.94. The number of morpholine rings is 1. The van der Waals surface area contributed by atoms with Crippen LogP contribution in [-0.4, -0.2) is 53.9 Å². The van der Waals surface area contributed by atoms with Crippen molar-refractivity contribution >= 4 is 11.6 Å². The second-order valence-corrected chi connectivity index (χ2v) is 6.35. The number of amides is 1. The second kappa shape index (κ2) is 8.62. The fourth-order valence-corrected chi connectivity index (χ4v) is 3.08. The first-order chi connectivity index (χ1) is 13.8. The number of nitrogens with zero attached hydrogens (tertiary/aromatic N) is 4. The number of aromatic nitrogens is 3. The summed E-state index contributed by atoms with van der Waals surface area (Å²) in [5.41, 5.74) is 2.24. The summed E-state index contributed by atoms with van der Waals surface area (Å²) in [7, 11) is 0. The zero-order chi connectivity index (χ0) is 19.2. The normalized spacial score (nSPS) is 14.1. The number of para-hydroxylation sites is 1. The van der Waals surface area contributed by atoms with Crippen LogP contribution in [0.2, 0.25) is 0 Å². The Kier molecular flexibility index (Phi) is 5.58. The number of ether oxygens (including phenoxy) is 1. The van der Waals surface area contributed by atoms with E-state index in [1.807, 2.05) is 42.5 Å². The van der Waals surface area contributed by atoms with Crippen molar-refractivity contribution in [3.63, 3.8) is 0 Å². The van der Waals surface area contributed by atoms with E-state index in [2.05, 4.69) is 25.3 Å². The van der Waals surface area contributed by atoms with Gasteiger partial charge < -0.3 is 19.5 Å². The van der Waals surface area contributed by atoms with Gasteiger partial charge in [-0.15, -0.1) is 0 Å². The third-order valence-corrected chi connectivity index (χ3v) is 4.49. The fourth-order valence-electron chi connectivity index (χ4n) is 3.08. The van der Waals surface area contributed by atoms with Crippen molar-refractivity contribution in [3.05, 3.63) is 60.1 Å². The largest absolute Gasteiger partial charge is 0.378 e. The molecule has 1 saturated heterocycles. The molecule has 144 valence electrons. The van der Waals surface area contributed by atoms with Gasteiger partial charge in [0.2, 0.25) is 11.7 Å². The Morgan fingerprint density at radius 2 is 1.93 bits per heavy atom. The van der Waals surface area contributed by atoms with Crippen LogP contribution >= 0.6 is 0 Å². The van der Waals surface area contributed by atoms with Crippen LogP contribution in [0.4, 0.5) is 5.69 Å². The maximum atomic E-state index is 12.7. The first kappa shape index (κ1) is 18.1. The average Bonchev–Trinajstić information content (AvgIpc) is 3.24. The van der Waals surface area contributed by atoms with E-state index in [0.717, 1.165) is 18.8 Å². The number of rotatable bonds is 6. The van der Waals surface area contributed by atoms with E-state index >= 15 is 0 Å². The summed E-state index contributed by atoms with van der Waals surface area (Å²) >= 11 is 0. The molecule has 0 radical (unpaired) electrons. The number of anilines is 1. The van der Waals surface area contributed by atoms with E-state index < -0.39 is 0 Å². The number of nitrogens with one attached hydrogen (secondary N) is 1. The lowest BCUT2D eigenvalue weighted by molar-refractivity contribution is 0.0952. The number of pyridine rings is 1. The van der Waals surface area contributed by atoms with E-state index in [4.69, 9.17) is 9.26 Å². The molecule has 0 atom stereocenters. The Hall–Kier alpha value is -3.26. The third-order valence-electron chi connectivity index (χ3n) is 4.49. The lowest BCUT2D eigenvalue weighted by atomic mass is 10.1. The van der Waals surface area contributed by atoms with Crippen LogP contribution in [0.1, 0.15) is 16.2 Å². The molecule has 0 saturated carbocycles. The Morgan fingerprint density at radius 3 is 2.75 bits per heavy atom. The van der Waals surface area contributed by atoms with Gasteiger partial charge in [-0.05, 0) is 24.3 Å². The quantitative estimate of drug-likeness (QED) is 0.699. The molecule has 1 N–H and O–H groups in total. The highest BCUT2D eigenvalue weighted by molar-refractivity contribution is 5.99. The van der Waals surface area contributed by atoms with E-state index in [9.17, 15) is 4.79 Å². The second-order valence-electron chi connectivity index (χ2n) is 6.35. The van der Waals surface area contributed by atoms with Crippen molar-refractivity contribution in [2.75, 3.05) is 37.7 Å². The smallest absolute Gasteiger partial charge is 0.253 e. The fraction of sp³-hybridized carbons (Fsp3) is 0.300. The maximum Gasteiger partial charge on any atom is 0.253 e. The Balaban J connectivity index is 1.36. The van der Waals surface area contributed by atoms with Gasteiger partial charge in [0, 0.05) is 37.9 Å². The van der Waals surface area contributed by atoms with Crippen LogP contribution in [0.15, 0.2) is 53.2 Å². The number of benzene rings is 1. The molecule has 28 heavy (non-hydrogen) atoms. The monoisotopic (exact) mass is 379 g/mol. The van der Waals surface area contributed by atoms with Gasteiger partial charge in [0.1, 0.15) is 5.69 Å². The summed E-state index contributed by atoms with van der Waals surface area (Å²) in [4.78, 5) is 23.4.